The standard InChI is InChI=1S/C17H22N2O5/c1-11-6-7-14(23-2)12(9-11)17(22)24-10-15(20)19-8-4-3-5-13(19)16(18)21/h6-7,9,13H,3-5,8,10H2,1-2H3,(H2,18,21)/t13-/m1/s1. The van der Waals surface area contributed by atoms with Gasteiger partial charge in [-0.15, -0.1) is 0 Å². The highest BCUT2D eigenvalue weighted by atomic mass is 16.5. The van der Waals surface area contributed by atoms with E-state index in [0.717, 1.165) is 18.4 Å². The molecule has 1 saturated heterocycles. The average Bonchev–Trinajstić information content (AvgIpc) is 2.59. The molecule has 1 aromatic rings. The lowest BCUT2D eigenvalue weighted by molar-refractivity contribution is -0.143. The van der Waals surface area contributed by atoms with E-state index < -0.39 is 30.4 Å². The Morgan fingerprint density at radius 3 is 2.71 bits per heavy atom. The smallest absolute Gasteiger partial charge is 0.342 e. The van der Waals surface area contributed by atoms with Gasteiger partial charge in [0.2, 0.25) is 5.91 Å². The minimum atomic E-state index is -0.642. The van der Waals surface area contributed by atoms with Gasteiger partial charge in [0.05, 0.1) is 7.11 Å². The zero-order valence-corrected chi connectivity index (χ0v) is 13.9. The number of carbonyl (C=O) groups excluding carboxylic acids is 3. The Kier molecular flexibility index (Phi) is 5.78. The molecule has 2 rings (SSSR count). The van der Waals surface area contributed by atoms with E-state index in [0.29, 0.717) is 18.7 Å². The number of esters is 1. The lowest BCUT2D eigenvalue weighted by atomic mass is 10.0. The van der Waals surface area contributed by atoms with Gasteiger partial charge in [-0.3, -0.25) is 9.59 Å². The first-order chi connectivity index (χ1) is 11.4. The molecule has 0 aliphatic carbocycles. The molecule has 1 fully saturated rings. The van der Waals surface area contributed by atoms with Crippen LogP contribution < -0.4 is 10.5 Å². The second-order valence-corrected chi connectivity index (χ2v) is 5.78. The second kappa shape index (κ2) is 7.81. The third kappa shape index (κ3) is 4.04. The molecule has 2 amide bonds. The van der Waals surface area contributed by atoms with Crippen molar-refractivity contribution in [2.24, 2.45) is 5.73 Å². The van der Waals surface area contributed by atoms with Crippen LogP contribution in [0.2, 0.25) is 0 Å². The number of ether oxygens (including phenoxy) is 2. The van der Waals surface area contributed by atoms with Crippen LogP contribution in [0, 0.1) is 6.92 Å². The summed E-state index contributed by atoms with van der Waals surface area (Å²) in [6.45, 7) is 1.85. The Morgan fingerprint density at radius 1 is 1.29 bits per heavy atom. The third-order valence-corrected chi connectivity index (χ3v) is 4.05. The van der Waals surface area contributed by atoms with Crippen molar-refractivity contribution in [3.05, 3.63) is 29.3 Å². The average molecular weight is 334 g/mol. The summed E-state index contributed by atoms with van der Waals surface area (Å²) in [5.41, 5.74) is 6.47. The number of benzene rings is 1. The van der Waals surface area contributed by atoms with Gasteiger partial charge in [-0.25, -0.2) is 4.79 Å². The number of hydrogen-bond acceptors (Lipinski definition) is 5. The highest BCUT2D eigenvalue weighted by Crippen LogP contribution is 2.21. The summed E-state index contributed by atoms with van der Waals surface area (Å²) in [5.74, 6) is -1.21. The molecule has 130 valence electrons. The van der Waals surface area contributed by atoms with Crippen molar-refractivity contribution in [3.8, 4) is 5.75 Å². The van der Waals surface area contributed by atoms with E-state index in [-0.39, 0.29) is 5.56 Å². The molecule has 0 spiro atoms. The number of methoxy groups -OCH3 is 1. The molecule has 1 atom stereocenters. The van der Waals surface area contributed by atoms with Crippen molar-refractivity contribution in [3.63, 3.8) is 0 Å². The third-order valence-electron chi connectivity index (χ3n) is 4.05. The van der Waals surface area contributed by atoms with Crippen molar-refractivity contribution < 1.29 is 23.9 Å². The summed E-state index contributed by atoms with van der Waals surface area (Å²) in [5, 5.41) is 0. The Labute approximate surface area is 140 Å². The monoisotopic (exact) mass is 334 g/mol. The Bertz CT molecular complexity index is 644. The van der Waals surface area contributed by atoms with Crippen LogP contribution in [0.15, 0.2) is 18.2 Å². The van der Waals surface area contributed by atoms with Crippen molar-refractivity contribution in [2.45, 2.75) is 32.2 Å². The number of hydrogen-bond donors (Lipinski definition) is 1. The minimum absolute atomic E-state index is 0.260. The van der Waals surface area contributed by atoms with Crippen molar-refractivity contribution in [2.75, 3.05) is 20.3 Å². The number of primary amides is 1. The van der Waals surface area contributed by atoms with E-state index in [4.69, 9.17) is 15.2 Å². The van der Waals surface area contributed by atoms with E-state index in [1.165, 1.54) is 12.0 Å². The molecule has 0 aromatic heterocycles. The molecular formula is C17H22N2O5. The van der Waals surface area contributed by atoms with Gasteiger partial charge >= 0.3 is 5.97 Å². The number of nitrogens with zero attached hydrogens (tertiary/aromatic N) is 1. The molecule has 1 heterocycles. The maximum absolute atomic E-state index is 12.3. The van der Waals surface area contributed by atoms with Crippen LogP contribution >= 0.6 is 0 Å². The molecule has 7 heteroatoms. The second-order valence-electron chi connectivity index (χ2n) is 5.78. The fraction of sp³-hybridized carbons (Fsp3) is 0.471. The van der Waals surface area contributed by atoms with E-state index >= 15 is 0 Å². The fourth-order valence-corrected chi connectivity index (χ4v) is 2.80. The van der Waals surface area contributed by atoms with Gasteiger partial charge in [0, 0.05) is 6.54 Å². The lowest BCUT2D eigenvalue weighted by Crippen LogP contribution is -2.51. The number of aryl methyl sites for hydroxylation is 1. The minimum Gasteiger partial charge on any atom is -0.496 e. The Morgan fingerprint density at radius 2 is 2.04 bits per heavy atom. The molecule has 0 radical (unpaired) electrons. The first-order valence-corrected chi connectivity index (χ1v) is 7.84. The van der Waals surface area contributed by atoms with Gasteiger partial charge in [0.1, 0.15) is 17.4 Å². The summed E-state index contributed by atoms with van der Waals surface area (Å²) < 4.78 is 10.2. The summed E-state index contributed by atoms with van der Waals surface area (Å²) in [4.78, 5) is 37.3. The zero-order chi connectivity index (χ0) is 17.7. The predicted molar refractivity (Wildman–Crippen MR) is 86.6 cm³/mol. The van der Waals surface area contributed by atoms with E-state index in [9.17, 15) is 14.4 Å². The predicted octanol–water partition coefficient (Wildman–Crippen LogP) is 1.03. The van der Waals surface area contributed by atoms with Crippen LogP contribution in [-0.4, -0.2) is 49.0 Å². The van der Waals surface area contributed by atoms with Crippen LogP contribution in [0.25, 0.3) is 0 Å². The zero-order valence-electron chi connectivity index (χ0n) is 13.9. The van der Waals surface area contributed by atoms with Gasteiger partial charge < -0.3 is 20.1 Å². The summed E-state index contributed by atoms with van der Waals surface area (Å²) in [6, 6.07) is 4.49. The van der Waals surface area contributed by atoms with Crippen LogP contribution in [0.3, 0.4) is 0 Å². The normalized spacial score (nSPS) is 17.2. The molecule has 1 aromatic carbocycles. The Balaban J connectivity index is 2.02. The lowest BCUT2D eigenvalue weighted by Gasteiger charge is -2.33. The number of nitrogens with two attached hydrogens (primary N) is 1. The molecule has 24 heavy (non-hydrogen) atoms. The van der Waals surface area contributed by atoms with E-state index in [2.05, 4.69) is 0 Å². The van der Waals surface area contributed by atoms with E-state index in [1.807, 2.05) is 13.0 Å². The van der Waals surface area contributed by atoms with Crippen molar-refractivity contribution in [1.29, 1.82) is 0 Å². The van der Waals surface area contributed by atoms with E-state index in [1.54, 1.807) is 12.1 Å². The molecule has 0 saturated carbocycles. The van der Waals surface area contributed by atoms with Crippen molar-refractivity contribution >= 4 is 17.8 Å². The summed E-state index contributed by atoms with van der Waals surface area (Å²) >= 11 is 0. The molecule has 2 N–H and O–H groups in total. The maximum Gasteiger partial charge on any atom is 0.342 e. The van der Waals surface area contributed by atoms with Gasteiger partial charge in [0.25, 0.3) is 5.91 Å². The highest BCUT2D eigenvalue weighted by Gasteiger charge is 2.31. The quantitative estimate of drug-likeness (QED) is 0.811. The Hall–Kier alpha value is -2.57. The first-order valence-electron chi connectivity index (χ1n) is 7.84. The topological polar surface area (TPSA) is 98.9 Å². The van der Waals surface area contributed by atoms with Crippen LogP contribution in [0.1, 0.15) is 35.2 Å². The number of carbonyl (C=O) groups is 3. The molecule has 7 nitrogen and oxygen atoms in total. The van der Waals surface area contributed by atoms with Crippen LogP contribution in [0.4, 0.5) is 0 Å². The number of piperidine rings is 1. The molecule has 0 unspecified atom stereocenters. The molecule has 0 bridgehead atoms. The SMILES string of the molecule is COc1ccc(C)cc1C(=O)OCC(=O)N1CCCC[C@@H]1C(N)=O. The fourth-order valence-electron chi connectivity index (χ4n) is 2.80. The van der Waals surface area contributed by atoms with Gasteiger partial charge in [-0.05, 0) is 38.3 Å². The largest absolute Gasteiger partial charge is 0.496 e. The summed E-state index contributed by atoms with van der Waals surface area (Å²) in [7, 11) is 1.46. The number of rotatable bonds is 5. The first kappa shape index (κ1) is 17.8. The van der Waals surface area contributed by atoms with Crippen LogP contribution in [0.5, 0.6) is 5.75 Å². The van der Waals surface area contributed by atoms with Crippen LogP contribution in [-0.2, 0) is 14.3 Å². The van der Waals surface area contributed by atoms with Gasteiger partial charge in [0.15, 0.2) is 6.61 Å². The summed E-state index contributed by atoms with van der Waals surface area (Å²) in [6.07, 6.45) is 2.19. The maximum atomic E-state index is 12.3. The molecule has 1 aliphatic rings. The van der Waals surface area contributed by atoms with Crippen molar-refractivity contribution in [1.82, 2.24) is 4.90 Å². The van der Waals surface area contributed by atoms with Gasteiger partial charge in [-0.2, -0.15) is 0 Å². The molecular weight excluding hydrogens is 312 g/mol. The highest BCUT2D eigenvalue weighted by molar-refractivity contribution is 5.94. The number of likely N-dealkylation sites (tertiary alicyclic amines) is 1. The molecule has 1 aliphatic heterocycles. The van der Waals surface area contributed by atoms with Gasteiger partial charge in [-0.1, -0.05) is 11.6 Å². The number of amides is 2.